The van der Waals surface area contributed by atoms with E-state index in [1.165, 1.54) is 0 Å². The van der Waals surface area contributed by atoms with E-state index in [1.54, 1.807) is 17.0 Å². The zero-order chi connectivity index (χ0) is 15.0. The molecule has 0 bridgehead atoms. The van der Waals surface area contributed by atoms with E-state index in [-0.39, 0.29) is 30.2 Å². The molecule has 1 fully saturated rings. The van der Waals surface area contributed by atoms with Crippen molar-refractivity contribution in [3.63, 3.8) is 0 Å². The number of benzene rings is 1. The van der Waals surface area contributed by atoms with Crippen LogP contribution in [0.2, 0.25) is 0 Å². The number of rotatable bonds is 3. The van der Waals surface area contributed by atoms with Gasteiger partial charge in [-0.05, 0) is 24.5 Å². The first-order chi connectivity index (χ1) is 10.1. The van der Waals surface area contributed by atoms with Crippen molar-refractivity contribution in [1.82, 2.24) is 10.2 Å². The molecular formula is C16H16N2O3. The van der Waals surface area contributed by atoms with Crippen LogP contribution in [0.3, 0.4) is 0 Å². The highest BCUT2D eigenvalue weighted by Crippen LogP contribution is 2.38. The summed E-state index contributed by atoms with van der Waals surface area (Å²) in [6, 6.07) is 6.61. The minimum Gasteiger partial charge on any atom is -0.319 e. The van der Waals surface area contributed by atoms with Crippen molar-refractivity contribution in [2.75, 3.05) is 0 Å². The molecule has 0 spiro atoms. The van der Waals surface area contributed by atoms with Crippen LogP contribution < -0.4 is 5.32 Å². The molecule has 2 unspecified atom stereocenters. The Morgan fingerprint density at radius 2 is 2.05 bits per heavy atom. The Hall–Kier alpha value is -2.43. The lowest BCUT2D eigenvalue weighted by Crippen LogP contribution is -2.53. The van der Waals surface area contributed by atoms with Gasteiger partial charge in [0.15, 0.2) is 0 Å². The van der Waals surface area contributed by atoms with E-state index in [0.29, 0.717) is 18.4 Å². The minimum atomic E-state index is -0.590. The number of fused-ring (bicyclic) bond motifs is 1. The van der Waals surface area contributed by atoms with Gasteiger partial charge in [-0.25, -0.2) is 0 Å². The zero-order valence-corrected chi connectivity index (χ0v) is 11.5. The Kier molecular flexibility index (Phi) is 3.33. The third-order valence-corrected chi connectivity index (χ3v) is 4.06. The fourth-order valence-corrected chi connectivity index (χ4v) is 3.12. The van der Waals surface area contributed by atoms with Crippen LogP contribution in [0.15, 0.2) is 36.9 Å². The van der Waals surface area contributed by atoms with Crippen LogP contribution in [0, 0.1) is 0 Å². The van der Waals surface area contributed by atoms with Crippen molar-refractivity contribution in [2.24, 2.45) is 0 Å². The van der Waals surface area contributed by atoms with E-state index < -0.39 is 6.04 Å². The average Bonchev–Trinajstić information content (AvgIpc) is 2.74. The predicted molar refractivity (Wildman–Crippen MR) is 76.3 cm³/mol. The fraction of sp³-hybridized carbons (Fsp3) is 0.312. The Labute approximate surface area is 122 Å². The van der Waals surface area contributed by atoms with Crippen LogP contribution in [0.4, 0.5) is 0 Å². The van der Waals surface area contributed by atoms with Crippen molar-refractivity contribution < 1.29 is 14.4 Å². The van der Waals surface area contributed by atoms with E-state index in [0.717, 1.165) is 5.56 Å². The molecule has 1 aromatic carbocycles. The van der Waals surface area contributed by atoms with Crippen molar-refractivity contribution in [3.05, 3.63) is 48.0 Å². The summed E-state index contributed by atoms with van der Waals surface area (Å²) in [5.41, 5.74) is 1.56. The SMILES string of the molecule is C=CCC1c2ccccc2C(=O)N1C1CCC(=O)NC1=O. The maximum atomic E-state index is 12.6. The van der Waals surface area contributed by atoms with Gasteiger partial charge in [0.2, 0.25) is 11.8 Å². The number of nitrogens with zero attached hydrogens (tertiary/aromatic N) is 1. The number of piperidine rings is 1. The van der Waals surface area contributed by atoms with Gasteiger partial charge in [-0.2, -0.15) is 0 Å². The summed E-state index contributed by atoms with van der Waals surface area (Å²) in [5.74, 6) is -0.811. The van der Waals surface area contributed by atoms with E-state index in [1.807, 2.05) is 18.2 Å². The molecule has 2 atom stereocenters. The second-order valence-corrected chi connectivity index (χ2v) is 5.31. The molecule has 1 aromatic rings. The Morgan fingerprint density at radius 3 is 2.76 bits per heavy atom. The molecule has 3 rings (SSSR count). The van der Waals surface area contributed by atoms with E-state index in [4.69, 9.17) is 0 Å². The molecule has 0 aliphatic carbocycles. The van der Waals surface area contributed by atoms with Gasteiger partial charge in [-0.15, -0.1) is 6.58 Å². The molecule has 2 heterocycles. The monoisotopic (exact) mass is 284 g/mol. The number of hydrogen-bond acceptors (Lipinski definition) is 3. The number of imide groups is 1. The number of nitrogens with one attached hydrogen (secondary N) is 1. The van der Waals surface area contributed by atoms with Crippen LogP contribution in [0.25, 0.3) is 0 Å². The van der Waals surface area contributed by atoms with Crippen LogP contribution in [-0.4, -0.2) is 28.7 Å². The molecular weight excluding hydrogens is 268 g/mol. The summed E-state index contributed by atoms with van der Waals surface area (Å²) >= 11 is 0. The number of hydrogen-bond donors (Lipinski definition) is 1. The first-order valence-corrected chi connectivity index (χ1v) is 6.99. The van der Waals surface area contributed by atoms with Gasteiger partial charge < -0.3 is 4.90 Å². The van der Waals surface area contributed by atoms with Crippen molar-refractivity contribution in [3.8, 4) is 0 Å². The van der Waals surface area contributed by atoms with Crippen LogP contribution in [0.1, 0.15) is 41.2 Å². The predicted octanol–water partition coefficient (Wildman–Crippen LogP) is 1.56. The molecule has 0 aromatic heterocycles. The average molecular weight is 284 g/mol. The normalized spacial score (nSPS) is 24.8. The van der Waals surface area contributed by atoms with Crippen LogP contribution in [-0.2, 0) is 9.59 Å². The number of carbonyl (C=O) groups is 3. The molecule has 2 aliphatic rings. The standard InChI is InChI=1S/C16H16N2O3/c1-2-5-12-10-6-3-4-7-11(10)16(21)18(12)13-8-9-14(19)17-15(13)20/h2-4,6-7,12-13H,1,5,8-9H2,(H,17,19,20). The molecule has 3 amide bonds. The molecule has 0 saturated carbocycles. The lowest BCUT2D eigenvalue weighted by atomic mass is 9.99. The van der Waals surface area contributed by atoms with Gasteiger partial charge in [0.25, 0.3) is 5.91 Å². The smallest absolute Gasteiger partial charge is 0.255 e. The maximum absolute atomic E-state index is 12.6. The molecule has 5 heteroatoms. The van der Waals surface area contributed by atoms with Gasteiger partial charge in [0, 0.05) is 12.0 Å². The van der Waals surface area contributed by atoms with E-state index in [9.17, 15) is 14.4 Å². The molecule has 1 saturated heterocycles. The summed E-state index contributed by atoms with van der Waals surface area (Å²) in [4.78, 5) is 37.6. The quantitative estimate of drug-likeness (QED) is 0.676. The Bertz CT molecular complexity index is 638. The highest BCUT2D eigenvalue weighted by atomic mass is 16.2. The lowest BCUT2D eigenvalue weighted by Gasteiger charge is -2.34. The highest BCUT2D eigenvalue weighted by Gasteiger charge is 2.44. The summed E-state index contributed by atoms with van der Waals surface area (Å²) in [6.45, 7) is 3.74. The van der Waals surface area contributed by atoms with Gasteiger partial charge in [0.1, 0.15) is 6.04 Å². The summed E-state index contributed by atoms with van der Waals surface area (Å²) < 4.78 is 0. The van der Waals surface area contributed by atoms with E-state index in [2.05, 4.69) is 11.9 Å². The highest BCUT2D eigenvalue weighted by molar-refractivity contribution is 6.05. The van der Waals surface area contributed by atoms with Crippen molar-refractivity contribution >= 4 is 17.7 Å². The Balaban J connectivity index is 1.98. The molecule has 108 valence electrons. The van der Waals surface area contributed by atoms with Crippen LogP contribution >= 0.6 is 0 Å². The molecule has 5 nitrogen and oxygen atoms in total. The van der Waals surface area contributed by atoms with E-state index >= 15 is 0 Å². The maximum Gasteiger partial charge on any atom is 0.255 e. The summed E-state index contributed by atoms with van der Waals surface area (Å²) in [6.07, 6.45) is 2.97. The number of amides is 3. The zero-order valence-electron chi connectivity index (χ0n) is 11.5. The Morgan fingerprint density at radius 1 is 1.29 bits per heavy atom. The fourth-order valence-electron chi connectivity index (χ4n) is 3.12. The van der Waals surface area contributed by atoms with Gasteiger partial charge in [-0.3, -0.25) is 19.7 Å². The topological polar surface area (TPSA) is 66.5 Å². The van der Waals surface area contributed by atoms with Gasteiger partial charge in [-0.1, -0.05) is 24.3 Å². The summed E-state index contributed by atoms with van der Waals surface area (Å²) in [5, 5.41) is 2.32. The van der Waals surface area contributed by atoms with Crippen molar-refractivity contribution in [1.29, 1.82) is 0 Å². The molecule has 0 radical (unpaired) electrons. The largest absolute Gasteiger partial charge is 0.319 e. The second-order valence-electron chi connectivity index (χ2n) is 5.31. The van der Waals surface area contributed by atoms with Gasteiger partial charge >= 0.3 is 0 Å². The third-order valence-electron chi connectivity index (χ3n) is 4.06. The summed E-state index contributed by atoms with van der Waals surface area (Å²) in [7, 11) is 0. The van der Waals surface area contributed by atoms with Crippen molar-refractivity contribution in [2.45, 2.75) is 31.3 Å². The second kappa shape index (κ2) is 5.16. The molecule has 21 heavy (non-hydrogen) atoms. The lowest BCUT2D eigenvalue weighted by molar-refractivity contribution is -0.137. The number of carbonyl (C=O) groups excluding carboxylic acids is 3. The molecule has 1 N–H and O–H groups in total. The molecule has 2 aliphatic heterocycles. The minimum absolute atomic E-state index is 0.146. The third kappa shape index (κ3) is 2.14. The first kappa shape index (κ1) is 13.5. The van der Waals surface area contributed by atoms with Gasteiger partial charge in [0.05, 0.1) is 6.04 Å². The first-order valence-electron chi connectivity index (χ1n) is 6.99. The van der Waals surface area contributed by atoms with Crippen LogP contribution in [0.5, 0.6) is 0 Å².